The van der Waals surface area contributed by atoms with Crippen LogP contribution in [0.25, 0.3) is 0 Å². The Morgan fingerprint density at radius 2 is 0.986 bits per heavy atom. The first-order valence-corrected chi connectivity index (χ1v) is 24.1. The van der Waals surface area contributed by atoms with Crippen LogP contribution in [-0.2, 0) is 109 Å². The van der Waals surface area contributed by atoms with E-state index in [0.717, 1.165) is 13.8 Å². The van der Waals surface area contributed by atoms with Gasteiger partial charge >= 0.3 is 0 Å². The summed E-state index contributed by atoms with van der Waals surface area (Å²) in [6, 6.07) is -3.67. The summed E-state index contributed by atoms with van der Waals surface area (Å²) >= 11 is -0.623. The van der Waals surface area contributed by atoms with Crippen molar-refractivity contribution in [2.75, 3.05) is 13.2 Å². The van der Waals surface area contributed by atoms with Gasteiger partial charge in [0.2, 0.25) is 32.6 Å². The number of aliphatic hydroxyl groups excluding tert-OH is 5. The maximum atomic E-state index is 12.9. The molecule has 4 heterocycles. The second kappa shape index (κ2) is 26.5. The van der Waals surface area contributed by atoms with E-state index in [4.69, 9.17) is 41.5 Å². The zero-order valence-electron chi connectivity index (χ0n) is 37.2. The van der Waals surface area contributed by atoms with E-state index in [1.807, 2.05) is 0 Å². The van der Waals surface area contributed by atoms with E-state index in [-0.39, 0.29) is 24.6 Å². The standard InChI is InChI=1S/C32H52N2O34S4/c1-8(35)33-12-21(19(63-69-67-65-46)10(6-54-71(48,49)50)56-26(12)32(3,4)5)58-31-18(41)16(39)23(25(62-31)28(44)45)60-29-13(34-9(2)36)22(59-30-17(40)14(37)15(38)24(61-30)27(42)43)20(64-70-68-66-47)11(57-29)7-55-72(51,52)53/h10-26,29-31,37-41,46-47H,6-7H2,1-5H3,(H,33,35)(H,34,36)(H,42,43)(H,44,45)(H,48,49,50)(H,51,52,53)/p-6. The number of hydrogen-bond donors (Lipinski definition) is 7. The molecule has 7 N–H and O–H groups in total. The van der Waals surface area contributed by atoms with Gasteiger partial charge in [0.1, 0.15) is 91.5 Å². The molecule has 4 rings (SSSR count). The molecule has 0 spiro atoms. The summed E-state index contributed by atoms with van der Waals surface area (Å²) in [6.07, 6.45) is -41.0. The van der Waals surface area contributed by atoms with Gasteiger partial charge in [-0.2, -0.15) is 0 Å². The average Bonchev–Trinajstić information content (AvgIpc) is 3.26. The van der Waals surface area contributed by atoms with Crippen molar-refractivity contribution in [2.45, 2.75) is 157 Å². The minimum Gasteiger partial charge on any atom is -0.726 e. The van der Waals surface area contributed by atoms with Crippen LogP contribution in [0.2, 0.25) is 0 Å². The smallest absolute Gasteiger partial charge is 0.217 e. The Labute approximate surface area is 414 Å². The molecular weight excluding hydrogens is 1080 g/mol. The van der Waals surface area contributed by atoms with Crippen molar-refractivity contribution < 1.29 is 160 Å². The number of carbonyl (C=O) groups excluding carboxylic acids is 4. The quantitative estimate of drug-likeness (QED) is 0.0118. The van der Waals surface area contributed by atoms with Crippen molar-refractivity contribution in [1.29, 1.82) is 0 Å². The third-order valence-electron chi connectivity index (χ3n) is 10.5. The van der Waals surface area contributed by atoms with E-state index in [1.165, 1.54) is 20.8 Å². The fourth-order valence-corrected chi connectivity index (χ4v) is 9.02. The summed E-state index contributed by atoms with van der Waals surface area (Å²) in [5.74, 6) is -6.40. The molecule has 36 nitrogen and oxygen atoms in total. The minimum atomic E-state index is -5.69. The maximum Gasteiger partial charge on any atom is 0.217 e. The van der Waals surface area contributed by atoms with Crippen LogP contribution < -0.4 is 31.4 Å². The van der Waals surface area contributed by atoms with Crippen LogP contribution in [0.3, 0.4) is 0 Å². The van der Waals surface area contributed by atoms with Crippen LogP contribution in [-0.4, -0.2) is 211 Å². The molecule has 0 radical (unpaired) electrons. The lowest BCUT2D eigenvalue weighted by Gasteiger charge is -2.52. The van der Waals surface area contributed by atoms with Crippen molar-refractivity contribution in [3.63, 3.8) is 0 Å². The predicted octanol–water partition coefficient (Wildman–Crippen LogP) is -11.3. The zero-order chi connectivity index (χ0) is 54.2. The van der Waals surface area contributed by atoms with Crippen molar-refractivity contribution in [1.82, 2.24) is 10.6 Å². The molecule has 0 aromatic rings. The molecule has 72 heavy (non-hydrogen) atoms. The third kappa shape index (κ3) is 16.8. The highest BCUT2D eigenvalue weighted by molar-refractivity contribution is 7.90. The summed E-state index contributed by atoms with van der Waals surface area (Å²) in [5, 5.41) is 112. The number of rotatable bonds is 24. The van der Waals surface area contributed by atoms with Crippen LogP contribution in [0.5, 0.6) is 0 Å². The van der Waals surface area contributed by atoms with Gasteiger partial charge in [-0.25, -0.2) is 16.8 Å². The van der Waals surface area contributed by atoms with E-state index < -0.39 is 186 Å². The molecule has 4 aliphatic heterocycles. The molecule has 0 bridgehead atoms. The van der Waals surface area contributed by atoms with Crippen molar-refractivity contribution in [3.05, 3.63) is 0 Å². The van der Waals surface area contributed by atoms with Gasteiger partial charge in [-0.3, -0.25) is 36.4 Å². The highest BCUT2D eigenvalue weighted by Crippen LogP contribution is 2.40. The summed E-state index contributed by atoms with van der Waals surface area (Å²) in [5.41, 5.74) is -1.10. The first-order chi connectivity index (χ1) is 33.4. The third-order valence-corrected chi connectivity index (χ3v) is 12.2. The largest absolute Gasteiger partial charge is 0.726 e. The zero-order valence-corrected chi connectivity index (χ0v) is 40.4. The number of carbonyl (C=O) groups is 4. The summed E-state index contributed by atoms with van der Waals surface area (Å²) in [7, 11) is -11.2. The number of nitrogens with one attached hydrogen (secondary N) is 2. The highest BCUT2D eigenvalue weighted by atomic mass is 32.3. The van der Waals surface area contributed by atoms with Crippen LogP contribution in [0, 0.1) is 5.41 Å². The summed E-state index contributed by atoms with van der Waals surface area (Å²) in [4.78, 5) is 50.1. The van der Waals surface area contributed by atoms with Gasteiger partial charge in [0, 0.05) is 13.8 Å². The van der Waals surface area contributed by atoms with Gasteiger partial charge in [0.25, 0.3) is 0 Å². The summed E-state index contributed by atoms with van der Waals surface area (Å²) < 4.78 is 137. The Hall–Kier alpha value is -2.48. The SMILES string of the molecule is CC(=O)NC1C(OC2C(C(=O)[O-])OC(OC3C(NC(C)=O)C(C(C)(C)C)OC(COS(=O)(=O)[O-])C3OSOO[O-])C(O)C2O)OC(COS(=O)(=O)[O-])C(OSOO[O-])C1OC1OC(C(=O)[O-])C(O)C(O)C1O. The second-order valence-corrected chi connectivity index (χ2v) is 19.6. The summed E-state index contributed by atoms with van der Waals surface area (Å²) in [6.45, 7) is 3.80. The van der Waals surface area contributed by atoms with Gasteiger partial charge in [0.05, 0.1) is 37.3 Å². The van der Waals surface area contributed by atoms with Crippen LogP contribution in [0.1, 0.15) is 34.6 Å². The Morgan fingerprint density at radius 3 is 1.42 bits per heavy atom. The van der Waals surface area contributed by atoms with Gasteiger partial charge in [-0.15, -0.1) is 8.67 Å². The number of aliphatic hydroxyl groups is 5. The first-order valence-electron chi connectivity index (χ1n) is 20.1. The van der Waals surface area contributed by atoms with E-state index in [0.29, 0.717) is 0 Å². The molecule has 0 aliphatic carbocycles. The van der Waals surface area contributed by atoms with Gasteiger partial charge in [-0.1, -0.05) is 20.8 Å². The monoisotopic (exact) mass is 1130 g/mol. The first kappa shape index (κ1) is 62.1. The van der Waals surface area contributed by atoms with Gasteiger partial charge in [0.15, 0.2) is 43.5 Å². The van der Waals surface area contributed by atoms with E-state index in [9.17, 15) is 91.4 Å². The van der Waals surface area contributed by atoms with E-state index in [1.54, 1.807) is 0 Å². The molecule has 4 fully saturated rings. The Kier molecular flexibility index (Phi) is 22.9. The number of carboxylic acid groups (broad SMARTS) is 2. The Morgan fingerprint density at radius 1 is 0.569 bits per heavy atom. The van der Waals surface area contributed by atoms with Crippen LogP contribution in [0.4, 0.5) is 0 Å². The van der Waals surface area contributed by atoms with Crippen molar-refractivity contribution in [2.24, 2.45) is 5.41 Å². The van der Waals surface area contributed by atoms with Gasteiger partial charge < -0.3 is 109 Å². The molecular formula is C32H46N2O34S4-6. The topological polar surface area (TPSA) is 539 Å². The molecule has 0 aromatic heterocycles. The number of carboxylic acids is 2. The minimum absolute atomic E-state index is 0.246. The van der Waals surface area contributed by atoms with E-state index >= 15 is 0 Å². The molecule has 418 valence electrons. The molecule has 2 amide bonds. The lowest BCUT2D eigenvalue weighted by atomic mass is 9.78. The maximum absolute atomic E-state index is 12.9. The molecule has 0 aromatic carbocycles. The van der Waals surface area contributed by atoms with Crippen molar-refractivity contribution >= 4 is 69.2 Å². The molecule has 40 heteroatoms. The van der Waals surface area contributed by atoms with Gasteiger partial charge in [-0.05, 0) is 5.41 Å². The highest BCUT2D eigenvalue weighted by Gasteiger charge is 2.58. The Bertz CT molecular complexity index is 2040. The fourth-order valence-electron chi connectivity index (χ4n) is 7.66. The molecule has 4 saturated heterocycles. The molecule has 20 unspecified atom stereocenters. The lowest BCUT2D eigenvalue weighted by Crippen LogP contribution is -2.72. The number of hydrogen-bond acceptors (Lipinski definition) is 36. The van der Waals surface area contributed by atoms with Crippen LogP contribution in [0.15, 0.2) is 0 Å². The average molecular weight is 1130 g/mol. The number of aliphatic carboxylic acids is 2. The van der Waals surface area contributed by atoms with Crippen molar-refractivity contribution in [3.8, 4) is 0 Å². The Balaban J connectivity index is 1.81. The second-order valence-electron chi connectivity index (χ2n) is 16.6. The fraction of sp³-hybridized carbons (Fsp3) is 0.875. The normalized spacial score (nSPS) is 37.9. The lowest BCUT2D eigenvalue weighted by molar-refractivity contribution is -0.778. The van der Waals surface area contributed by atoms with E-state index in [2.05, 4.69) is 37.7 Å². The molecule has 0 saturated carbocycles. The number of amides is 2. The van der Waals surface area contributed by atoms with Crippen LogP contribution >= 0.6 is 24.6 Å². The number of ether oxygens (including phenoxy) is 7. The molecule has 4 aliphatic rings. The predicted molar refractivity (Wildman–Crippen MR) is 205 cm³/mol. The molecule has 20 atom stereocenters.